The number of rotatable bonds is 10. The summed E-state index contributed by atoms with van der Waals surface area (Å²) in [4.78, 5) is 25.5. The van der Waals surface area contributed by atoms with Crippen LogP contribution >= 0.6 is 7.26 Å². The van der Waals surface area contributed by atoms with Crippen molar-refractivity contribution in [3.8, 4) is 0 Å². The molecule has 0 bridgehead atoms. The highest BCUT2D eigenvalue weighted by Crippen LogP contribution is 2.61. The van der Waals surface area contributed by atoms with Crippen LogP contribution in [0.4, 0.5) is 4.79 Å². The highest BCUT2D eigenvalue weighted by Gasteiger charge is 2.55. The van der Waals surface area contributed by atoms with Crippen molar-refractivity contribution in [2.45, 2.75) is 45.4 Å². The van der Waals surface area contributed by atoms with Gasteiger partial charge in [-0.25, -0.2) is 9.59 Å². The van der Waals surface area contributed by atoms with E-state index in [9.17, 15) is 9.59 Å². The Kier molecular flexibility index (Phi) is 9.60. The van der Waals surface area contributed by atoms with Gasteiger partial charge in [0.15, 0.2) is 5.71 Å². The maximum Gasteiger partial charge on any atom is 0.407 e. The molecule has 0 saturated carbocycles. The SMILES string of the molecule is CCOC(=O)C(=N)C(CCNC(=O)OC(C)(C)C)[P+](c1ccccc1)(c1ccccc1)c1ccccc1. The summed E-state index contributed by atoms with van der Waals surface area (Å²) in [5.74, 6) is -0.642. The second kappa shape index (κ2) is 12.6. The number of hydrogen-bond acceptors (Lipinski definition) is 5. The quantitative estimate of drug-likeness (QED) is 0.228. The fourth-order valence-electron chi connectivity index (χ4n) is 4.48. The van der Waals surface area contributed by atoms with Crippen molar-refractivity contribution in [1.29, 1.82) is 5.41 Å². The lowest BCUT2D eigenvalue weighted by Crippen LogP contribution is -2.46. The van der Waals surface area contributed by atoms with E-state index in [4.69, 9.17) is 14.9 Å². The molecule has 1 unspecified atom stereocenters. The molecule has 3 aromatic rings. The van der Waals surface area contributed by atoms with Crippen LogP contribution < -0.4 is 21.2 Å². The number of ether oxygens (including phenoxy) is 2. The summed E-state index contributed by atoms with van der Waals surface area (Å²) in [7, 11) is -2.62. The van der Waals surface area contributed by atoms with E-state index in [0.717, 1.165) is 15.9 Å². The van der Waals surface area contributed by atoms with Gasteiger partial charge in [0.25, 0.3) is 0 Å². The fourth-order valence-corrected chi connectivity index (χ4v) is 9.39. The molecule has 37 heavy (non-hydrogen) atoms. The molecule has 0 spiro atoms. The predicted molar refractivity (Wildman–Crippen MR) is 152 cm³/mol. The lowest BCUT2D eigenvalue weighted by atomic mass is 10.2. The Morgan fingerprint density at radius 1 is 0.838 bits per heavy atom. The third-order valence-corrected chi connectivity index (χ3v) is 10.7. The van der Waals surface area contributed by atoms with E-state index in [2.05, 4.69) is 41.7 Å². The molecule has 0 heterocycles. The molecule has 1 atom stereocenters. The lowest BCUT2D eigenvalue weighted by molar-refractivity contribution is -0.135. The van der Waals surface area contributed by atoms with E-state index in [-0.39, 0.29) is 18.9 Å². The van der Waals surface area contributed by atoms with Crippen LogP contribution in [0.15, 0.2) is 91.0 Å². The highest BCUT2D eigenvalue weighted by molar-refractivity contribution is 7.97. The molecule has 0 aliphatic rings. The van der Waals surface area contributed by atoms with Gasteiger partial charge in [0.2, 0.25) is 0 Å². The average Bonchev–Trinajstić information content (AvgIpc) is 2.89. The normalized spacial score (nSPS) is 12.3. The first kappa shape index (κ1) is 28.1. The van der Waals surface area contributed by atoms with Crippen molar-refractivity contribution in [1.82, 2.24) is 5.32 Å². The number of carbonyl (C=O) groups is 2. The van der Waals surface area contributed by atoms with Crippen LogP contribution in [0.3, 0.4) is 0 Å². The van der Waals surface area contributed by atoms with E-state index >= 15 is 0 Å². The average molecular weight is 520 g/mol. The molecule has 0 aliphatic heterocycles. The summed E-state index contributed by atoms with van der Waals surface area (Å²) in [5.41, 5.74) is -1.28. The Labute approximate surface area is 220 Å². The Balaban J connectivity index is 2.20. The maximum absolute atomic E-state index is 13.1. The Morgan fingerprint density at radius 2 is 1.27 bits per heavy atom. The molecule has 0 aromatic heterocycles. The minimum atomic E-state index is -2.62. The van der Waals surface area contributed by atoms with Crippen molar-refractivity contribution in [2.75, 3.05) is 13.2 Å². The zero-order valence-electron chi connectivity index (χ0n) is 21.9. The number of nitrogens with one attached hydrogen (secondary N) is 2. The fraction of sp³-hybridized carbons (Fsp3) is 0.300. The Hall–Kier alpha value is -3.50. The summed E-state index contributed by atoms with van der Waals surface area (Å²) >= 11 is 0. The van der Waals surface area contributed by atoms with E-state index in [1.807, 2.05) is 75.4 Å². The number of hydrogen-bond donors (Lipinski definition) is 2. The van der Waals surface area contributed by atoms with Crippen molar-refractivity contribution in [3.63, 3.8) is 0 Å². The van der Waals surface area contributed by atoms with Gasteiger partial charge >= 0.3 is 12.1 Å². The topological polar surface area (TPSA) is 88.5 Å². The monoisotopic (exact) mass is 519 g/mol. The van der Waals surface area contributed by atoms with Gasteiger partial charge in [0.05, 0.1) is 6.61 Å². The van der Waals surface area contributed by atoms with Gasteiger partial charge in [0.1, 0.15) is 34.4 Å². The van der Waals surface area contributed by atoms with Crippen LogP contribution in [0.2, 0.25) is 0 Å². The van der Waals surface area contributed by atoms with E-state index in [0.29, 0.717) is 6.42 Å². The maximum atomic E-state index is 13.1. The first-order chi connectivity index (χ1) is 17.7. The van der Waals surface area contributed by atoms with Crippen molar-refractivity contribution >= 4 is 41.0 Å². The van der Waals surface area contributed by atoms with Gasteiger partial charge in [0, 0.05) is 13.0 Å². The molecule has 194 valence electrons. The zero-order valence-corrected chi connectivity index (χ0v) is 22.8. The third-order valence-electron chi connectivity index (χ3n) is 5.87. The van der Waals surface area contributed by atoms with Gasteiger partial charge in [-0.3, -0.25) is 5.41 Å². The van der Waals surface area contributed by atoms with Crippen LogP contribution in [0.5, 0.6) is 0 Å². The van der Waals surface area contributed by atoms with Crippen molar-refractivity contribution < 1.29 is 19.1 Å². The van der Waals surface area contributed by atoms with E-state index in [1.54, 1.807) is 6.92 Å². The van der Waals surface area contributed by atoms with Crippen LogP contribution in [-0.2, 0) is 14.3 Å². The van der Waals surface area contributed by atoms with Gasteiger partial charge in [-0.05, 0) is 64.1 Å². The number of esters is 1. The van der Waals surface area contributed by atoms with Crippen LogP contribution in [0, 0.1) is 5.41 Å². The van der Waals surface area contributed by atoms with Crippen LogP contribution in [0.1, 0.15) is 34.1 Å². The number of amides is 1. The summed E-state index contributed by atoms with van der Waals surface area (Å²) in [6.07, 6.45) is -0.180. The van der Waals surface area contributed by atoms with Gasteiger partial charge in [-0.2, -0.15) is 0 Å². The van der Waals surface area contributed by atoms with Crippen LogP contribution in [-0.4, -0.2) is 42.2 Å². The summed E-state index contributed by atoms with van der Waals surface area (Å²) in [5, 5.41) is 15.1. The predicted octanol–water partition coefficient (Wildman–Crippen LogP) is 4.85. The number of carbonyl (C=O) groups excluding carboxylic acids is 2. The summed E-state index contributed by atoms with van der Waals surface area (Å²) in [6, 6.07) is 30.2. The first-order valence-electron chi connectivity index (χ1n) is 12.5. The largest absolute Gasteiger partial charge is 0.461 e. The molecule has 0 fully saturated rings. The molecule has 0 radical (unpaired) electrons. The molecular weight excluding hydrogens is 483 g/mol. The molecular formula is C30H36N2O4P+. The smallest absolute Gasteiger partial charge is 0.407 e. The molecule has 3 aromatic carbocycles. The molecule has 0 saturated heterocycles. The van der Waals surface area contributed by atoms with E-state index in [1.165, 1.54) is 0 Å². The third kappa shape index (κ3) is 6.84. The van der Waals surface area contributed by atoms with Crippen molar-refractivity contribution in [2.24, 2.45) is 0 Å². The van der Waals surface area contributed by atoms with Crippen LogP contribution in [0.25, 0.3) is 0 Å². The second-order valence-electron chi connectivity index (χ2n) is 9.60. The minimum Gasteiger partial charge on any atom is -0.461 e. The molecule has 7 heteroatoms. The second-order valence-corrected chi connectivity index (χ2v) is 13.2. The standard InChI is InChI=1S/C30H35N2O4P/c1-5-35-28(33)27(31)26(21-22-32-29(34)36-30(2,3)4)37(23-15-9-6-10-16-23,24-17-11-7-12-18-24)25-19-13-8-14-20-25/h6-20,26,31H,5,21-22H2,1-4H3/p+1. The molecule has 3 rings (SSSR count). The lowest BCUT2D eigenvalue weighted by Gasteiger charge is -2.34. The zero-order chi connectivity index (χ0) is 26.9. The first-order valence-corrected chi connectivity index (χ1v) is 14.3. The Bertz CT molecular complexity index is 1080. The Morgan fingerprint density at radius 3 is 1.65 bits per heavy atom. The molecule has 2 N–H and O–H groups in total. The van der Waals surface area contributed by atoms with Gasteiger partial charge in [-0.1, -0.05) is 54.6 Å². The molecule has 1 amide bonds. The van der Waals surface area contributed by atoms with Gasteiger partial charge in [-0.15, -0.1) is 0 Å². The number of benzene rings is 3. The van der Waals surface area contributed by atoms with Gasteiger partial charge < -0.3 is 14.8 Å². The molecule has 6 nitrogen and oxygen atoms in total. The summed E-state index contributed by atoms with van der Waals surface area (Å²) < 4.78 is 10.7. The number of alkyl carbamates (subject to hydrolysis) is 1. The molecule has 0 aliphatic carbocycles. The summed E-state index contributed by atoms with van der Waals surface area (Å²) in [6.45, 7) is 7.57. The highest BCUT2D eigenvalue weighted by atomic mass is 31.2. The van der Waals surface area contributed by atoms with Crippen molar-refractivity contribution in [3.05, 3.63) is 91.0 Å². The minimum absolute atomic E-state index is 0.0993. The van der Waals surface area contributed by atoms with E-state index < -0.39 is 30.6 Å².